The third kappa shape index (κ3) is 9.84. The van der Waals surface area contributed by atoms with Gasteiger partial charge in [0.1, 0.15) is 5.75 Å². The van der Waals surface area contributed by atoms with Crippen LogP contribution in [0.3, 0.4) is 0 Å². The van der Waals surface area contributed by atoms with E-state index < -0.39 is 18.3 Å². The van der Waals surface area contributed by atoms with Gasteiger partial charge >= 0.3 is 0 Å². The average molecular weight is 608 g/mol. The van der Waals surface area contributed by atoms with Crippen molar-refractivity contribution in [1.29, 1.82) is 0 Å². The number of benzene rings is 3. The molecule has 11 nitrogen and oxygen atoms in total. The normalized spacial score (nSPS) is 19.0. The van der Waals surface area contributed by atoms with Crippen LogP contribution in [0.4, 0.5) is 5.69 Å². The summed E-state index contributed by atoms with van der Waals surface area (Å²) < 4.78 is 12.8. The van der Waals surface area contributed by atoms with Crippen molar-refractivity contribution in [3.63, 3.8) is 0 Å². The number of aliphatic hydroxyl groups excluding tert-OH is 2. The number of carbonyl (C=O) groups excluding carboxylic acids is 2. The molecule has 0 saturated carbocycles. The Morgan fingerprint density at radius 2 is 1.64 bits per heavy atom. The Morgan fingerprint density at radius 1 is 0.955 bits per heavy atom. The van der Waals surface area contributed by atoms with Crippen LogP contribution in [-0.4, -0.2) is 63.5 Å². The van der Waals surface area contributed by atoms with Gasteiger partial charge in [-0.15, -0.1) is 0 Å². The first-order valence-electron chi connectivity index (χ1n) is 14.7. The van der Waals surface area contributed by atoms with E-state index in [-0.39, 0.29) is 43.3 Å². The molecule has 4 rings (SSSR count). The lowest BCUT2D eigenvalue weighted by molar-refractivity contribution is -0.252. The van der Waals surface area contributed by atoms with E-state index in [0.717, 1.165) is 16.7 Å². The van der Waals surface area contributed by atoms with Crippen molar-refractivity contribution >= 4 is 17.5 Å². The highest BCUT2D eigenvalue weighted by Crippen LogP contribution is 2.38. The van der Waals surface area contributed by atoms with Crippen molar-refractivity contribution in [3.05, 3.63) is 95.1 Å². The second-order valence-electron chi connectivity index (χ2n) is 11.1. The number of hydrogen-bond donors (Lipinski definition) is 6. The van der Waals surface area contributed by atoms with Crippen LogP contribution >= 0.6 is 0 Å². The van der Waals surface area contributed by atoms with Crippen LogP contribution in [0.2, 0.25) is 0 Å². The number of nitrogens with zero attached hydrogens (tertiary/aromatic N) is 1. The molecule has 44 heavy (non-hydrogen) atoms. The zero-order valence-corrected chi connectivity index (χ0v) is 24.8. The highest BCUT2D eigenvalue weighted by Gasteiger charge is 2.33. The van der Waals surface area contributed by atoms with Crippen LogP contribution in [-0.2, 0) is 25.7 Å². The van der Waals surface area contributed by atoms with E-state index in [1.54, 1.807) is 41.9 Å². The summed E-state index contributed by atoms with van der Waals surface area (Å²) in [6.07, 6.45) is 0.0222. The number of amides is 2. The van der Waals surface area contributed by atoms with Crippen molar-refractivity contribution in [2.45, 2.75) is 63.3 Å². The summed E-state index contributed by atoms with van der Waals surface area (Å²) in [6.45, 7) is 0.818. The highest BCUT2D eigenvalue weighted by molar-refractivity contribution is 5.90. The molecular weight excluding hydrogens is 566 g/mol. The predicted molar refractivity (Wildman–Crippen MR) is 162 cm³/mol. The molecule has 1 saturated heterocycles. The van der Waals surface area contributed by atoms with Gasteiger partial charge in [-0.05, 0) is 60.8 Å². The van der Waals surface area contributed by atoms with E-state index in [1.165, 1.54) is 0 Å². The molecule has 0 aromatic heterocycles. The molecule has 0 aliphatic carbocycles. The van der Waals surface area contributed by atoms with Gasteiger partial charge in [0.25, 0.3) is 0 Å². The quantitative estimate of drug-likeness (QED) is 0.0901. The molecule has 11 heteroatoms. The topological polar surface area (TPSA) is 161 Å². The fourth-order valence-electron chi connectivity index (χ4n) is 5.16. The van der Waals surface area contributed by atoms with Gasteiger partial charge in [-0.3, -0.25) is 14.8 Å². The van der Waals surface area contributed by atoms with E-state index >= 15 is 0 Å². The van der Waals surface area contributed by atoms with Crippen molar-refractivity contribution in [3.8, 4) is 5.75 Å². The van der Waals surface area contributed by atoms with Gasteiger partial charge < -0.3 is 35.0 Å². The SMILES string of the molecule is CN(CC1CC(c2ccc(CO)cc2)OC(c2ccc(NC(=O)CCCCC(=O)NO)cc2)O1)CC(O)c1cccc(O)c1. The zero-order chi connectivity index (χ0) is 31.5. The number of aliphatic hydroxyl groups is 2. The minimum Gasteiger partial charge on any atom is -0.508 e. The van der Waals surface area contributed by atoms with Gasteiger partial charge in [0.05, 0.1) is 24.9 Å². The van der Waals surface area contributed by atoms with E-state index in [4.69, 9.17) is 14.7 Å². The Bertz CT molecular complexity index is 1350. The van der Waals surface area contributed by atoms with Gasteiger partial charge in [-0.25, -0.2) is 5.48 Å². The molecule has 1 aliphatic heterocycles. The summed E-state index contributed by atoms with van der Waals surface area (Å²) >= 11 is 0. The third-order valence-electron chi connectivity index (χ3n) is 7.52. The number of carbonyl (C=O) groups is 2. The number of phenolic OH excluding ortho intramolecular Hbond substituents is 1. The summed E-state index contributed by atoms with van der Waals surface area (Å²) in [5.41, 5.74) is 5.38. The summed E-state index contributed by atoms with van der Waals surface area (Å²) in [6, 6.07) is 21.5. The summed E-state index contributed by atoms with van der Waals surface area (Å²) in [5.74, 6) is -0.544. The van der Waals surface area contributed by atoms with Gasteiger partial charge in [0.2, 0.25) is 11.8 Å². The minimum atomic E-state index is -0.785. The Labute approximate surface area is 257 Å². The van der Waals surface area contributed by atoms with E-state index in [0.29, 0.717) is 43.6 Å². The Hall–Kier alpha value is -3.84. The van der Waals surface area contributed by atoms with Gasteiger partial charge in [0.15, 0.2) is 6.29 Å². The van der Waals surface area contributed by atoms with Crippen LogP contribution in [0.5, 0.6) is 5.75 Å². The monoisotopic (exact) mass is 607 g/mol. The molecule has 0 spiro atoms. The van der Waals surface area contributed by atoms with E-state index in [1.807, 2.05) is 48.3 Å². The first-order chi connectivity index (χ1) is 21.2. The largest absolute Gasteiger partial charge is 0.508 e. The first kappa shape index (κ1) is 33.1. The van der Waals surface area contributed by atoms with Crippen molar-refractivity contribution in [2.75, 3.05) is 25.5 Å². The van der Waals surface area contributed by atoms with Gasteiger partial charge in [-0.2, -0.15) is 0 Å². The Balaban J connectivity index is 1.40. The first-order valence-corrected chi connectivity index (χ1v) is 14.7. The second-order valence-corrected chi connectivity index (χ2v) is 11.1. The molecule has 4 atom stereocenters. The number of rotatable bonds is 14. The minimum absolute atomic E-state index is 0.0454. The highest BCUT2D eigenvalue weighted by atomic mass is 16.7. The maximum atomic E-state index is 12.3. The molecule has 2 amide bonds. The van der Waals surface area contributed by atoms with Crippen LogP contribution in [0.15, 0.2) is 72.8 Å². The summed E-state index contributed by atoms with van der Waals surface area (Å²) in [7, 11) is 1.91. The van der Waals surface area contributed by atoms with Crippen LogP contribution in [0, 0.1) is 0 Å². The number of unbranched alkanes of at least 4 members (excludes halogenated alkanes) is 1. The molecule has 1 fully saturated rings. The molecule has 3 aromatic carbocycles. The number of likely N-dealkylation sites (N-methyl/N-ethyl adjacent to an activating group) is 1. The molecule has 1 aliphatic rings. The van der Waals surface area contributed by atoms with Crippen LogP contribution in [0.25, 0.3) is 0 Å². The molecule has 0 radical (unpaired) electrons. The third-order valence-corrected chi connectivity index (χ3v) is 7.52. The number of hydroxylamine groups is 1. The Morgan fingerprint density at radius 3 is 2.30 bits per heavy atom. The summed E-state index contributed by atoms with van der Waals surface area (Å²) in [4.78, 5) is 25.4. The molecule has 236 valence electrons. The molecule has 1 heterocycles. The summed E-state index contributed by atoms with van der Waals surface area (Å²) in [5, 5.41) is 41.4. The van der Waals surface area contributed by atoms with Crippen molar-refractivity contribution in [2.24, 2.45) is 0 Å². The lowest BCUT2D eigenvalue weighted by Gasteiger charge is -2.38. The average Bonchev–Trinajstić information content (AvgIpc) is 3.03. The predicted octanol–water partition coefficient (Wildman–Crippen LogP) is 4.10. The van der Waals surface area contributed by atoms with E-state index in [9.17, 15) is 24.9 Å². The van der Waals surface area contributed by atoms with Gasteiger partial charge in [-0.1, -0.05) is 48.5 Å². The lowest BCUT2D eigenvalue weighted by atomic mass is 9.99. The number of phenols is 1. The lowest BCUT2D eigenvalue weighted by Crippen LogP contribution is -2.39. The Kier molecular flexibility index (Phi) is 12.2. The fraction of sp³-hybridized carbons (Fsp3) is 0.394. The maximum absolute atomic E-state index is 12.3. The number of hydrogen-bond acceptors (Lipinski definition) is 9. The number of ether oxygens (including phenoxy) is 2. The second kappa shape index (κ2) is 16.3. The van der Waals surface area contributed by atoms with Crippen molar-refractivity contribution in [1.82, 2.24) is 10.4 Å². The van der Waals surface area contributed by atoms with Gasteiger partial charge in [0, 0.05) is 43.6 Å². The fourth-order valence-corrected chi connectivity index (χ4v) is 5.16. The van der Waals surface area contributed by atoms with Crippen molar-refractivity contribution < 1.29 is 39.6 Å². The molecule has 0 bridgehead atoms. The number of nitrogens with one attached hydrogen (secondary N) is 2. The molecule has 3 aromatic rings. The van der Waals surface area contributed by atoms with Crippen LogP contribution < -0.4 is 10.8 Å². The molecule has 4 unspecified atom stereocenters. The zero-order valence-electron chi connectivity index (χ0n) is 24.8. The smallest absolute Gasteiger partial charge is 0.243 e. The van der Waals surface area contributed by atoms with Crippen LogP contribution in [0.1, 0.15) is 72.9 Å². The number of anilines is 1. The number of aromatic hydroxyl groups is 1. The molecular formula is C33H41N3O8. The maximum Gasteiger partial charge on any atom is 0.243 e. The standard InChI is InChI=1S/C33H41N3O8/c1-36(20-29(39)25-5-4-6-27(38)17-25)19-28-18-30(23-11-9-22(21-37)10-12-23)44-33(43-28)24-13-15-26(16-14-24)34-31(40)7-2-3-8-32(41)35-42/h4-6,9-17,28-30,33,37-39,42H,2-3,7-8,18-21H2,1H3,(H,34,40)(H,35,41). The molecule has 6 N–H and O–H groups in total. The van der Waals surface area contributed by atoms with E-state index in [2.05, 4.69) is 5.32 Å².